The molecule has 0 amide bonds. The zero-order valence-electron chi connectivity index (χ0n) is 11.8. The molecule has 1 unspecified atom stereocenters. The van der Waals surface area contributed by atoms with E-state index >= 15 is 0 Å². The summed E-state index contributed by atoms with van der Waals surface area (Å²) in [5.74, 6) is 2.82. The Kier molecular flexibility index (Phi) is 4.87. The highest BCUT2D eigenvalue weighted by Crippen LogP contribution is 2.29. The summed E-state index contributed by atoms with van der Waals surface area (Å²) in [6.07, 6.45) is 2.13. The summed E-state index contributed by atoms with van der Waals surface area (Å²) in [6.45, 7) is 5.12. The number of anilines is 2. The summed E-state index contributed by atoms with van der Waals surface area (Å²) >= 11 is 3.52. The SMILES string of the molecule is CCNc1nc(N(C)C(C)CSC)c2ccsc2n1. The molecule has 0 aliphatic rings. The predicted molar refractivity (Wildman–Crippen MR) is 87.8 cm³/mol. The van der Waals surface area contributed by atoms with E-state index in [0.717, 1.165) is 34.3 Å². The van der Waals surface area contributed by atoms with Crippen LogP contribution in [0.4, 0.5) is 11.8 Å². The lowest BCUT2D eigenvalue weighted by Gasteiger charge is -2.26. The molecule has 2 heterocycles. The number of nitrogens with zero attached hydrogens (tertiary/aromatic N) is 3. The minimum Gasteiger partial charge on any atom is -0.355 e. The summed E-state index contributed by atoms with van der Waals surface area (Å²) in [4.78, 5) is 12.5. The van der Waals surface area contributed by atoms with Gasteiger partial charge in [-0.1, -0.05) is 0 Å². The van der Waals surface area contributed by atoms with Crippen LogP contribution in [0, 0.1) is 0 Å². The Morgan fingerprint density at radius 2 is 2.26 bits per heavy atom. The average molecular weight is 296 g/mol. The quantitative estimate of drug-likeness (QED) is 0.885. The van der Waals surface area contributed by atoms with Gasteiger partial charge in [-0.05, 0) is 31.5 Å². The molecule has 0 saturated carbocycles. The van der Waals surface area contributed by atoms with E-state index in [-0.39, 0.29) is 0 Å². The molecule has 0 fully saturated rings. The van der Waals surface area contributed by atoms with Gasteiger partial charge in [-0.25, -0.2) is 4.98 Å². The van der Waals surface area contributed by atoms with E-state index in [1.54, 1.807) is 11.3 Å². The number of aromatic nitrogens is 2. The van der Waals surface area contributed by atoms with E-state index in [9.17, 15) is 0 Å². The monoisotopic (exact) mass is 296 g/mol. The van der Waals surface area contributed by atoms with Crippen molar-refractivity contribution in [3.63, 3.8) is 0 Å². The third kappa shape index (κ3) is 3.12. The highest BCUT2D eigenvalue weighted by Gasteiger charge is 2.16. The maximum absolute atomic E-state index is 4.67. The third-order valence-electron chi connectivity index (χ3n) is 3.04. The topological polar surface area (TPSA) is 41.1 Å². The molecule has 0 spiro atoms. The van der Waals surface area contributed by atoms with Gasteiger partial charge in [0.15, 0.2) is 0 Å². The molecule has 0 saturated heterocycles. The highest BCUT2D eigenvalue weighted by atomic mass is 32.2. The van der Waals surface area contributed by atoms with Crippen LogP contribution in [0.1, 0.15) is 13.8 Å². The fraction of sp³-hybridized carbons (Fsp3) is 0.538. The molecule has 104 valence electrons. The van der Waals surface area contributed by atoms with E-state index < -0.39 is 0 Å². The standard InChI is InChI=1S/C13H20N4S2/c1-5-14-13-15-11(17(3)9(2)8-18-4)10-6-7-19-12(10)16-13/h6-7,9H,5,8H2,1-4H3,(H,14,15,16). The molecule has 2 rings (SSSR count). The van der Waals surface area contributed by atoms with E-state index in [1.165, 1.54) is 0 Å². The van der Waals surface area contributed by atoms with Crippen LogP contribution in [0.2, 0.25) is 0 Å². The molecule has 0 aliphatic heterocycles. The van der Waals surface area contributed by atoms with Gasteiger partial charge in [-0.3, -0.25) is 0 Å². The fourth-order valence-electron chi connectivity index (χ4n) is 1.91. The van der Waals surface area contributed by atoms with Crippen molar-refractivity contribution >= 4 is 45.1 Å². The maximum Gasteiger partial charge on any atom is 0.226 e. The molecular weight excluding hydrogens is 276 g/mol. The molecule has 19 heavy (non-hydrogen) atoms. The van der Waals surface area contributed by atoms with Crippen LogP contribution in [0.15, 0.2) is 11.4 Å². The van der Waals surface area contributed by atoms with E-state index in [0.29, 0.717) is 6.04 Å². The van der Waals surface area contributed by atoms with Gasteiger partial charge in [0.2, 0.25) is 5.95 Å². The number of rotatable bonds is 6. The zero-order chi connectivity index (χ0) is 13.8. The highest BCUT2D eigenvalue weighted by molar-refractivity contribution is 7.98. The lowest BCUT2D eigenvalue weighted by atomic mass is 10.3. The molecule has 6 heteroatoms. The van der Waals surface area contributed by atoms with Gasteiger partial charge >= 0.3 is 0 Å². The van der Waals surface area contributed by atoms with Crippen molar-refractivity contribution in [2.75, 3.05) is 35.8 Å². The number of hydrogen-bond acceptors (Lipinski definition) is 6. The molecule has 1 N–H and O–H groups in total. The van der Waals surface area contributed by atoms with Crippen LogP contribution in [-0.2, 0) is 0 Å². The van der Waals surface area contributed by atoms with E-state index in [1.807, 2.05) is 11.8 Å². The molecule has 0 radical (unpaired) electrons. The number of nitrogens with one attached hydrogen (secondary N) is 1. The van der Waals surface area contributed by atoms with Crippen molar-refractivity contribution < 1.29 is 0 Å². The van der Waals surface area contributed by atoms with Crippen molar-refractivity contribution in [2.24, 2.45) is 0 Å². The van der Waals surface area contributed by atoms with Gasteiger partial charge in [-0.15, -0.1) is 11.3 Å². The first-order valence-corrected chi connectivity index (χ1v) is 8.65. The van der Waals surface area contributed by atoms with Crippen molar-refractivity contribution in [1.82, 2.24) is 9.97 Å². The van der Waals surface area contributed by atoms with Gasteiger partial charge in [0.25, 0.3) is 0 Å². The van der Waals surface area contributed by atoms with Crippen LogP contribution in [-0.4, -0.2) is 41.6 Å². The first-order chi connectivity index (χ1) is 9.17. The molecule has 2 aromatic heterocycles. The molecule has 0 aromatic carbocycles. The Hall–Kier alpha value is -1.01. The minimum atomic E-state index is 0.447. The Labute approximate surface area is 122 Å². The van der Waals surface area contributed by atoms with Crippen molar-refractivity contribution in [2.45, 2.75) is 19.9 Å². The van der Waals surface area contributed by atoms with Crippen LogP contribution >= 0.6 is 23.1 Å². The molecule has 4 nitrogen and oxygen atoms in total. The lowest BCUT2D eigenvalue weighted by molar-refractivity contribution is 0.756. The summed E-state index contributed by atoms with van der Waals surface area (Å²) in [5, 5.41) is 6.42. The van der Waals surface area contributed by atoms with Gasteiger partial charge in [0.05, 0.1) is 5.39 Å². The van der Waals surface area contributed by atoms with Gasteiger partial charge in [0, 0.05) is 25.4 Å². The first kappa shape index (κ1) is 14.4. The second-order valence-corrected chi connectivity index (χ2v) is 6.26. The number of thiophene rings is 1. The molecule has 0 bridgehead atoms. The second-order valence-electron chi connectivity index (χ2n) is 4.46. The van der Waals surface area contributed by atoms with Crippen molar-refractivity contribution in [1.29, 1.82) is 0 Å². The summed E-state index contributed by atoms with van der Waals surface area (Å²) in [5.41, 5.74) is 0. The molecule has 0 aliphatic carbocycles. The van der Waals surface area contributed by atoms with Gasteiger partial charge in [0.1, 0.15) is 10.6 Å². The Morgan fingerprint density at radius 1 is 1.47 bits per heavy atom. The summed E-state index contributed by atoms with van der Waals surface area (Å²) in [7, 11) is 2.11. The van der Waals surface area contributed by atoms with E-state index in [2.05, 4.69) is 58.8 Å². The summed E-state index contributed by atoms with van der Waals surface area (Å²) < 4.78 is 0. The number of hydrogen-bond donors (Lipinski definition) is 1. The smallest absolute Gasteiger partial charge is 0.226 e. The van der Waals surface area contributed by atoms with Crippen LogP contribution in [0.3, 0.4) is 0 Å². The third-order valence-corrected chi connectivity index (χ3v) is 4.67. The summed E-state index contributed by atoms with van der Waals surface area (Å²) in [6, 6.07) is 2.55. The first-order valence-electron chi connectivity index (χ1n) is 6.38. The minimum absolute atomic E-state index is 0.447. The Bertz CT molecular complexity index is 540. The average Bonchev–Trinajstić information content (AvgIpc) is 2.85. The lowest BCUT2D eigenvalue weighted by Crippen LogP contribution is -2.31. The second kappa shape index (κ2) is 6.43. The predicted octanol–water partition coefficient (Wildman–Crippen LogP) is 3.31. The van der Waals surface area contributed by atoms with Crippen LogP contribution in [0.5, 0.6) is 0 Å². The molecule has 2 aromatic rings. The normalized spacial score (nSPS) is 12.6. The fourth-order valence-corrected chi connectivity index (χ4v) is 3.37. The van der Waals surface area contributed by atoms with E-state index in [4.69, 9.17) is 0 Å². The van der Waals surface area contributed by atoms with Gasteiger partial charge < -0.3 is 10.2 Å². The zero-order valence-corrected chi connectivity index (χ0v) is 13.4. The molecule has 1 atom stereocenters. The number of fused-ring (bicyclic) bond motifs is 1. The van der Waals surface area contributed by atoms with Crippen LogP contribution in [0.25, 0.3) is 10.2 Å². The van der Waals surface area contributed by atoms with Crippen molar-refractivity contribution in [3.8, 4) is 0 Å². The maximum atomic E-state index is 4.67. The van der Waals surface area contributed by atoms with Gasteiger partial charge in [-0.2, -0.15) is 16.7 Å². The largest absolute Gasteiger partial charge is 0.355 e. The van der Waals surface area contributed by atoms with Crippen molar-refractivity contribution in [3.05, 3.63) is 11.4 Å². The Balaban J connectivity index is 2.41. The van der Waals surface area contributed by atoms with Crippen LogP contribution < -0.4 is 10.2 Å². The molecular formula is C13H20N4S2. The number of thioether (sulfide) groups is 1. The Morgan fingerprint density at radius 3 is 2.95 bits per heavy atom.